The Morgan fingerprint density at radius 3 is 1.72 bits per heavy atom. The summed E-state index contributed by atoms with van der Waals surface area (Å²) in [6.07, 6.45) is 5.12. The molecule has 23 heteroatoms. The molecular weight excluding hydrogens is 965 g/mol. The van der Waals surface area contributed by atoms with Crippen molar-refractivity contribution in [3.63, 3.8) is 0 Å². The summed E-state index contributed by atoms with van der Waals surface area (Å²) >= 11 is 0. The van der Waals surface area contributed by atoms with Crippen molar-refractivity contribution >= 4 is 53.4 Å². The van der Waals surface area contributed by atoms with Gasteiger partial charge < -0.3 is 43.2 Å². The van der Waals surface area contributed by atoms with E-state index in [1.54, 1.807) is 26.4 Å². The fourth-order valence-electron chi connectivity index (χ4n) is 8.91. The molecule has 2 aromatic carbocycles. The standard InChI is InChI=1S/C46H70N2O18S3/c1-45(17-9-33-67(51,52)53)38-34-36(68(54,55)56)14-16-41(38)48(20-22-60-3)42(45)10-8-11-43-46(2,18-21-62-25-26-64-29-30-66-32-31-65-28-27-63-24-23-61-4)39-35-37(69(57,58)59)13-15-40(39)47(43)19-7-5-6-12-44(49)50/h10,13-16,34-35H,5-9,11-12,17-33H2,1-4H3,(H3-,49,50,51,52,53,54,55,56,57,58,59)/p+1. The molecule has 2 aromatic rings. The van der Waals surface area contributed by atoms with Crippen LogP contribution in [0.3, 0.4) is 0 Å². The molecule has 20 nitrogen and oxygen atoms in total. The monoisotopic (exact) mass is 1040 g/mol. The average Bonchev–Trinajstić information content (AvgIpc) is 3.64. The fourth-order valence-corrected chi connectivity index (χ4v) is 10.4. The van der Waals surface area contributed by atoms with Gasteiger partial charge in [-0.1, -0.05) is 6.08 Å². The number of methoxy groups -OCH3 is 2. The van der Waals surface area contributed by atoms with Crippen molar-refractivity contribution < 1.29 is 86.5 Å². The topological polar surface area (TPSA) is 271 Å². The zero-order chi connectivity index (χ0) is 50.7. The number of carboxylic acid groups (broad SMARTS) is 1. The maximum absolute atomic E-state index is 12.5. The van der Waals surface area contributed by atoms with Gasteiger partial charge in [0.05, 0.1) is 93.6 Å². The van der Waals surface area contributed by atoms with Gasteiger partial charge in [0.25, 0.3) is 30.4 Å². The van der Waals surface area contributed by atoms with Crippen LogP contribution in [-0.4, -0.2) is 173 Å². The second-order valence-electron chi connectivity index (χ2n) is 17.2. The SMILES string of the molecule is COCCOCCOCCOCCOCCOCCC1(C)C(CCC=C2N(CCOC)c3ccc(S(=O)(=O)O)cc3C2(C)CCCS(=O)(=O)O)=[N+](CCCCCC(=O)O)c2ccc(S(=O)(=O)O)cc21. The first-order chi connectivity index (χ1) is 32.7. The van der Waals surface area contributed by atoms with E-state index in [1.807, 2.05) is 24.8 Å². The van der Waals surface area contributed by atoms with Crippen molar-refractivity contribution in [3.05, 3.63) is 59.3 Å². The Morgan fingerprint density at radius 2 is 1.19 bits per heavy atom. The Labute approximate surface area is 407 Å². The number of hydrogen-bond acceptors (Lipinski definition) is 15. The highest BCUT2D eigenvalue weighted by atomic mass is 32.2. The molecule has 2 heterocycles. The molecule has 0 spiro atoms. The van der Waals surface area contributed by atoms with Crippen LogP contribution >= 0.6 is 0 Å². The Hall–Kier alpha value is -3.43. The molecule has 4 N–H and O–H groups in total. The van der Waals surface area contributed by atoms with E-state index in [-0.39, 0.29) is 48.9 Å². The van der Waals surface area contributed by atoms with Gasteiger partial charge in [-0.3, -0.25) is 18.5 Å². The number of aliphatic carboxylic acids is 1. The number of nitrogens with zero attached hydrogens (tertiary/aromatic N) is 2. The number of carboxylic acids is 1. The first-order valence-electron chi connectivity index (χ1n) is 23.1. The zero-order valence-electron chi connectivity index (χ0n) is 40.1. The quantitative estimate of drug-likeness (QED) is 0.0395. The van der Waals surface area contributed by atoms with Crippen molar-refractivity contribution in [1.82, 2.24) is 0 Å². The minimum absolute atomic E-state index is 0.0163. The van der Waals surface area contributed by atoms with Crippen LogP contribution in [0, 0.1) is 0 Å². The number of allylic oxidation sites excluding steroid dienone is 2. The van der Waals surface area contributed by atoms with Gasteiger partial charge in [0.2, 0.25) is 5.69 Å². The van der Waals surface area contributed by atoms with Crippen molar-refractivity contribution in [3.8, 4) is 0 Å². The molecule has 0 aliphatic carbocycles. The Kier molecular flexibility index (Phi) is 23.1. The predicted molar refractivity (Wildman–Crippen MR) is 256 cm³/mol. The van der Waals surface area contributed by atoms with E-state index in [2.05, 4.69) is 4.58 Å². The van der Waals surface area contributed by atoms with E-state index < -0.39 is 52.9 Å². The van der Waals surface area contributed by atoms with E-state index in [1.165, 1.54) is 24.3 Å². The number of benzene rings is 2. The lowest BCUT2D eigenvalue weighted by Crippen LogP contribution is -2.35. The molecule has 0 saturated heterocycles. The minimum Gasteiger partial charge on any atom is -0.481 e. The summed E-state index contributed by atoms with van der Waals surface area (Å²) in [6, 6.07) is 8.78. The summed E-state index contributed by atoms with van der Waals surface area (Å²) in [4.78, 5) is 12.7. The van der Waals surface area contributed by atoms with Crippen LogP contribution in [0.25, 0.3) is 0 Å². The van der Waals surface area contributed by atoms with Crippen LogP contribution in [0.2, 0.25) is 0 Å². The maximum Gasteiger partial charge on any atom is 0.303 e. The van der Waals surface area contributed by atoms with Crippen molar-refractivity contribution in [2.75, 3.05) is 117 Å². The lowest BCUT2D eigenvalue weighted by molar-refractivity contribution is -0.440. The van der Waals surface area contributed by atoms with Crippen LogP contribution in [0.4, 0.5) is 11.4 Å². The molecule has 69 heavy (non-hydrogen) atoms. The largest absolute Gasteiger partial charge is 0.481 e. The molecule has 2 aliphatic heterocycles. The van der Waals surface area contributed by atoms with E-state index in [0.717, 1.165) is 17.1 Å². The van der Waals surface area contributed by atoms with Crippen LogP contribution in [0.15, 0.2) is 58.0 Å². The molecule has 390 valence electrons. The zero-order valence-corrected chi connectivity index (χ0v) is 42.6. The summed E-state index contributed by atoms with van der Waals surface area (Å²) in [5.41, 5.74) is 2.39. The number of carbonyl (C=O) groups is 1. The first kappa shape index (κ1) is 58.1. The Balaban J connectivity index is 1.60. The predicted octanol–water partition coefficient (Wildman–Crippen LogP) is 5.06. The second-order valence-corrected chi connectivity index (χ2v) is 21.7. The normalized spacial score (nSPS) is 18.9. The molecule has 0 bridgehead atoms. The third-order valence-corrected chi connectivity index (χ3v) is 14.9. The lowest BCUT2D eigenvalue weighted by Gasteiger charge is -2.31. The van der Waals surface area contributed by atoms with Gasteiger partial charge in [-0.05, 0) is 88.3 Å². The van der Waals surface area contributed by atoms with E-state index in [4.69, 9.17) is 33.2 Å². The second kappa shape index (κ2) is 27.4. The highest BCUT2D eigenvalue weighted by Gasteiger charge is 2.49. The third-order valence-electron chi connectivity index (χ3n) is 12.4. The maximum atomic E-state index is 12.5. The lowest BCUT2D eigenvalue weighted by atomic mass is 9.75. The number of hydrogen-bond donors (Lipinski definition) is 4. The van der Waals surface area contributed by atoms with Gasteiger partial charge in [0, 0.05) is 75.1 Å². The van der Waals surface area contributed by atoms with Crippen molar-refractivity contribution in [1.29, 1.82) is 0 Å². The van der Waals surface area contributed by atoms with Gasteiger partial charge in [-0.2, -0.15) is 29.8 Å². The van der Waals surface area contributed by atoms with Gasteiger partial charge in [-0.25, -0.2) is 0 Å². The van der Waals surface area contributed by atoms with E-state index in [0.29, 0.717) is 128 Å². The number of anilines is 1. The molecule has 0 radical (unpaired) electrons. The Bertz CT molecular complexity index is 2390. The van der Waals surface area contributed by atoms with Crippen LogP contribution in [0.5, 0.6) is 0 Å². The summed E-state index contributed by atoms with van der Waals surface area (Å²) in [6.45, 7) is 9.24. The molecule has 0 amide bonds. The summed E-state index contributed by atoms with van der Waals surface area (Å²) in [5, 5.41) is 9.27. The number of ether oxygens (including phenoxy) is 7. The summed E-state index contributed by atoms with van der Waals surface area (Å²) in [5.74, 6) is -1.43. The smallest absolute Gasteiger partial charge is 0.303 e. The van der Waals surface area contributed by atoms with E-state index in [9.17, 15) is 48.8 Å². The average molecular weight is 1040 g/mol. The van der Waals surface area contributed by atoms with Crippen LogP contribution in [-0.2, 0) is 79.1 Å². The molecule has 0 fully saturated rings. The number of rotatable bonds is 36. The molecule has 0 aromatic heterocycles. The van der Waals surface area contributed by atoms with Gasteiger partial charge in [0.15, 0.2) is 5.71 Å². The summed E-state index contributed by atoms with van der Waals surface area (Å²) in [7, 11) is -10.4. The van der Waals surface area contributed by atoms with Crippen LogP contribution < -0.4 is 4.90 Å². The van der Waals surface area contributed by atoms with Gasteiger partial charge in [-0.15, -0.1) is 0 Å². The van der Waals surface area contributed by atoms with E-state index >= 15 is 0 Å². The molecular formula is C46H71N2O18S3+. The Morgan fingerprint density at radius 1 is 0.652 bits per heavy atom. The third kappa shape index (κ3) is 17.4. The number of unbranched alkanes of at least 4 members (excludes halogenated alkanes) is 2. The van der Waals surface area contributed by atoms with Crippen LogP contribution in [0.1, 0.15) is 82.8 Å². The molecule has 2 aliphatic rings. The first-order valence-corrected chi connectivity index (χ1v) is 27.6. The molecule has 2 atom stereocenters. The summed E-state index contributed by atoms with van der Waals surface area (Å²) < 4.78 is 144. The fraction of sp³-hybridized carbons (Fsp3) is 0.652. The highest BCUT2D eigenvalue weighted by molar-refractivity contribution is 7.86. The van der Waals surface area contributed by atoms with Gasteiger partial charge >= 0.3 is 5.97 Å². The molecule has 0 saturated carbocycles. The molecule has 4 rings (SSSR count). The minimum atomic E-state index is -4.62. The number of fused-ring (bicyclic) bond motifs is 2. The molecule has 2 unspecified atom stereocenters. The van der Waals surface area contributed by atoms with Crippen molar-refractivity contribution in [2.24, 2.45) is 0 Å². The van der Waals surface area contributed by atoms with Crippen molar-refractivity contribution in [2.45, 2.75) is 92.3 Å². The van der Waals surface area contributed by atoms with Gasteiger partial charge in [0.1, 0.15) is 6.54 Å². The highest BCUT2D eigenvalue weighted by Crippen LogP contribution is 2.52.